The molecule has 1 fully saturated rings. The Kier molecular flexibility index (Phi) is 7.47. The van der Waals surface area contributed by atoms with Gasteiger partial charge in [0.25, 0.3) is 17.5 Å². The highest BCUT2D eigenvalue weighted by molar-refractivity contribution is 14.1. The Morgan fingerprint density at radius 1 is 1.11 bits per heavy atom. The maximum absolute atomic E-state index is 13.7. The average Bonchev–Trinajstić information content (AvgIpc) is 2.85. The van der Waals surface area contributed by atoms with Gasteiger partial charge in [-0.2, -0.15) is 0 Å². The molecule has 0 saturated carbocycles. The van der Waals surface area contributed by atoms with E-state index in [9.17, 15) is 28.9 Å². The number of amides is 4. The van der Waals surface area contributed by atoms with E-state index in [1.54, 1.807) is 18.2 Å². The zero-order chi connectivity index (χ0) is 26.7. The summed E-state index contributed by atoms with van der Waals surface area (Å²) in [6.45, 7) is 0.0279. The van der Waals surface area contributed by atoms with Crippen molar-refractivity contribution in [2.24, 2.45) is 0 Å². The number of nitro benzene ring substituents is 1. The molecule has 1 aliphatic heterocycles. The lowest BCUT2D eigenvalue weighted by Crippen LogP contribution is -2.54. The molecular weight excluding hydrogens is 600 g/mol. The average molecular weight is 617 g/mol. The van der Waals surface area contributed by atoms with Crippen LogP contribution in [0.15, 0.2) is 66.2 Å². The van der Waals surface area contributed by atoms with Gasteiger partial charge in [0.2, 0.25) is 0 Å². The highest BCUT2D eigenvalue weighted by atomic mass is 127. The fraction of sp³-hybridized carbons (Fsp3) is 0.0800. The van der Waals surface area contributed by atoms with Gasteiger partial charge in [0, 0.05) is 12.1 Å². The number of nitro groups is 1. The number of hydrogen-bond donors (Lipinski definition) is 1. The predicted octanol–water partition coefficient (Wildman–Crippen LogP) is 4.59. The number of hydrogen-bond acceptors (Lipinski definition) is 7. The molecule has 1 aliphatic rings. The molecule has 0 bridgehead atoms. The lowest BCUT2D eigenvalue weighted by Gasteiger charge is -2.26. The number of halogens is 2. The van der Waals surface area contributed by atoms with Crippen molar-refractivity contribution in [2.45, 2.75) is 6.61 Å². The molecule has 37 heavy (non-hydrogen) atoms. The number of non-ortho nitro benzene ring substituents is 1. The number of carbonyl (C=O) groups excluding carboxylic acids is 3. The number of anilines is 1. The zero-order valence-corrected chi connectivity index (χ0v) is 21.2. The van der Waals surface area contributed by atoms with E-state index in [-0.39, 0.29) is 29.3 Å². The summed E-state index contributed by atoms with van der Waals surface area (Å²) in [7, 11) is 1.41. The first-order valence-electron chi connectivity index (χ1n) is 10.6. The third-order valence-electron chi connectivity index (χ3n) is 5.24. The molecule has 3 aromatic carbocycles. The molecule has 188 valence electrons. The highest BCUT2D eigenvalue weighted by Gasteiger charge is 2.37. The number of barbiturate groups is 1. The molecule has 0 aliphatic carbocycles. The normalized spacial score (nSPS) is 14.5. The highest BCUT2D eigenvalue weighted by Crippen LogP contribution is 2.36. The largest absolute Gasteiger partial charge is 0.493 e. The number of nitrogens with one attached hydrogen (secondary N) is 1. The quantitative estimate of drug-likeness (QED) is 0.135. The molecular formula is C25H17FIN3O7. The Morgan fingerprint density at radius 3 is 2.57 bits per heavy atom. The number of carbonyl (C=O) groups is 3. The van der Waals surface area contributed by atoms with E-state index in [1.165, 1.54) is 43.5 Å². The minimum Gasteiger partial charge on any atom is -0.493 e. The summed E-state index contributed by atoms with van der Waals surface area (Å²) < 4.78 is 25.5. The molecule has 0 atom stereocenters. The molecule has 1 heterocycles. The summed E-state index contributed by atoms with van der Waals surface area (Å²) in [6, 6.07) is 13.1. The van der Waals surface area contributed by atoms with Crippen molar-refractivity contribution in [1.82, 2.24) is 5.32 Å². The molecule has 10 nitrogen and oxygen atoms in total. The third-order valence-corrected chi connectivity index (χ3v) is 6.04. The topological polar surface area (TPSA) is 128 Å². The van der Waals surface area contributed by atoms with Crippen LogP contribution in [0.4, 0.5) is 20.6 Å². The Bertz CT molecular complexity index is 1470. The van der Waals surface area contributed by atoms with Crippen molar-refractivity contribution in [2.75, 3.05) is 12.0 Å². The smallest absolute Gasteiger partial charge is 0.335 e. The number of nitrogens with zero attached hydrogens (tertiary/aromatic N) is 2. The molecule has 0 spiro atoms. The van der Waals surface area contributed by atoms with Gasteiger partial charge in [0.15, 0.2) is 11.5 Å². The van der Waals surface area contributed by atoms with E-state index in [2.05, 4.69) is 5.32 Å². The van der Waals surface area contributed by atoms with Gasteiger partial charge in [-0.15, -0.1) is 0 Å². The van der Waals surface area contributed by atoms with Crippen LogP contribution < -0.4 is 19.7 Å². The van der Waals surface area contributed by atoms with Crippen LogP contribution in [0, 0.1) is 19.5 Å². The Hall–Kier alpha value is -4.33. The van der Waals surface area contributed by atoms with E-state index in [0.717, 1.165) is 12.1 Å². The lowest BCUT2D eigenvalue weighted by atomic mass is 10.1. The van der Waals surface area contributed by atoms with Gasteiger partial charge < -0.3 is 9.47 Å². The van der Waals surface area contributed by atoms with Gasteiger partial charge in [-0.1, -0.05) is 18.2 Å². The molecule has 4 amide bonds. The second-order valence-electron chi connectivity index (χ2n) is 7.69. The van der Waals surface area contributed by atoms with Crippen LogP contribution in [0.3, 0.4) is 0 Å². The van der Waals surface area contributed by atoms with Crippen molar-refractivity contribution in [1.29, 1.82) is 0 Å². The summed E-state index contributed by atoms with van der Waals surface area (Å²) in [5.41, 5.74) is 0.539. The molecule has 0 aromatic heterocycles. The Labute approximate surface area is 223 Å². The minimum atomic E-state index is -0.991. The zero-order valence-electron chi connectivity index (χ0n) is 19.1. The van der Waals surface area contributed by atoms with Gasteiger partial charge in [-0.05, 0) is 70.1 Å². The van der Waals surface area contributed by atoms with E-state index < -0.39 is 28.6 Å². The predicted molar refractivity (Wildman–Crippen MR) is 139 cm³/mol. The van der Waals surface area contributed by atoms with Crippen LogP contribution in [0.2, 0.25) is 0 Å². The first-order chi connectivity index (χ1) is 17.7. The first kappa shape index (κ1) is 25.8. The van der Waals surface area contributed by atoms with Crippen molar-refractivity contribution >= 4 is 57.9 Å². The maximum Gasteiger partial charge on any atom is 0.335 e. The summed E-state index contributed by atoms with van der Waals surface area (Å²) in [5, 5.41) is 13.1. The molecule has 4 rings (SSSR count). The van der Waals surface area contributed by atoms with Crippen LogP contribution in [-0.2, 0) is 16.2 Å². The maximum atomic E-state index is 13.7. The number of rotatable bonds is 7. The van der Waals surface area contributed by atoms with Crippen LogP contribution >= 0.6 is 22.6 Å². The number of imide groups is 2. The number of ether oxygens (including phenoxy) is 2. The Balaban J connectivity index is 1.63. The van der Waals surface area contributed by atoms with Crippen molar-refractivity contribution < 1.29 is 33.2 Å². The van der Waals surface area contributed by atoms with E-state index in [1.807, 2.05) is 22.6 Å². The van der Waals surface area contributed by atoms with Crippen LogP contribution in [0.25, 0.3) is 6.08 Å². The van der Waals surface area contributed by atoms with Crippen LogP contribution in [0.5, 0.6) is 11.5 Å². The second-order valence-corrected chi connectivity index (χ2v) is 8.85. The number of methoxy groups -OCH3 is 1. The summed E-state index contributed by atoms with van der Waals surface area (Å²) in [5.74, 6) is -1.83. The summed E-state index contributed by atoms with van der Waals surface area (Å²) >= 11 is 1.99. The van der Waals surface area contributed by atoms with E-state index in [4.69, 9.17) is 9.47 Å². The minimum absolute atomic E-state index is 0.0279. The molecule has 0 radical (unpaired) electrons. The van der Waals surface area contributed by atoms with Gasteiger partial charge in [-0.25, -0.2) is 14.1 Å². The van der Waals surface area contributed by atoms with E-state index >= 15 is 0 Å². The van der Waals surface area contributed by atoms with Crippen LogP contribution in [0.1, 0.15) is 11.1 Å². The molecule has 1 N–H and O–H groups in total. The molecule has 1 saturated heterocycles. The lowest BCUT2D eigenvalue weighted by molar-refractivity contribution is -0.384. The monoisotopic (exact) mass is 617 g/mol. The molecule has 0 unspecified atom stereocenters. The second kappa shape index (κ2) is 10.7. The van der Waals surface area contributed by atoms with Crippen molar-refractivity contribution in [3.63, 3.8) is 0 Å². The standard InChI is InChI=1S/C25H17FIN3O7/c1-36-21-11-15(10-20(27)22(21)37-13-14-4-2-7-18(8-14)30(34)35)9-19-23(31)28-25(33)29(24(19)32)17-6-3-5-16(26)12-17/h2-12H,13H2,1H3,(H,28,31,33)/b19-9+. The van der Waals surface area contributed by atoms with Crippen LogP contribution in [-0.4, -0.2) is 29.9 Å². The molecule has 3 aromatic rings. The fourth-order valence-corrected chi connectivity index (χ4v) is 4.33. The number of benzene rings is 3. The van der Waals surface area contributed by atoms with Crippen molar-refractivity contribution in [3.05, 3.63) is 96.9 Å². The van der Waals surface area contributed by atoms with Gasteiger partial charge in [-0.3, -0.25) is 25.0 Å². The van der Waals surface area contributed by atoms with Gasteiger partial charge >= 0.3 is 6.03 Å². The first-order valence-corrected chi connectivity index (χ1v) is 11.7. The SMILES string of the molecule is COc1cc(/C=C2\C(=O)NC(=O)N(c3cccc(F)c3)C2=O)cc(I)c1OCc1cccc([N+](=O)[O-])c1. The van der Waals surface area contributed by atoms with Gasteiger partial charge in [0.05, 0.1) is 21.3 Å². The fourth-order valence-electron chi connectivity index (χ4n) is 3.55. The van der Waals surface area contributed by atoms with Crippen molar-refractivity contribution in [3.8, 4) is 11.5 Å². The third kappa shape index (κ3) is 5.58. The number of urea groups is 1. The molecule has 12 heteroatoms. The Morgan fingerprint density at radius 2 is 1.86 bits per heavy atom. The van der Waals surface area contributed by atoms with Gasteiger partial charge in [0.1, 0.15) is 18.0 Å². The summed E-state index contributed by atoms with van der Waals surface area (Å²) in [4.78, 5) is 49.0. The summed E-state index contributed by atoms with van der Waals surface area (Å²) in [6.07, 6.45) is 1.28. The van der Waals surface area contributed by atoms with E-state index in [0.29, 0.717) is 25.3 Å².